The number of carbonyl (C=O) groups is 1. The topological polar surface area (TPSA) is 56.1 Å². The van der Waals surface area contributed by atoms with Crippen molar-refractivity contribution < 1.29 is 9.53 Å². The maximum absolute atomic E-state index is 11.9. The predicted molar refractivity (Wildman–Crippen MR) is 88.3 cm³/mol. The van der Waals surface area contributed by atoms with Crippen LogP contribution in [0.5, 0.6) is 0 Å². The molecule has 21 heavy (non-hydrogen) atoms. The first kappa shape index (κ1) is 16.0. The second-order valence-electron chi connectivity index (χ2n) is 4.30. The minimum absolute atomic E-state index is 0.344. The second-order valence-corrected chi connectivity index (χ2v) is 6.01. The van der Waals surface area contributed by atoms with Crippen LogP contribution in [0.3, 0.4) is 0 Å². The van der Waals surface area contributed by atoms with E-state index in [1.54, 1.807) is 18.7 Å². The molecule has 0 saturated carbocycles. The molecule has 0 fully saturated rings. The van der Waals surface area contributed by atoms with Gasteiger partial charge >= 0.3 is 5.97 Å². The molecule has 112 valence electrons. The zero-order valence-electron chi connectivity index (χ0n) is 11.7. The van der Waals surface area contributed by atoms with Crippen molar-refractivity contribution in [2.45, 2.75) is 13.5 Å². The van der Waals surface area contributed by atoms with Gasteiger partial charge in [0.05, 0.1) is 30.7 Å². The van der Waals surface area contributed by atoms with Crippen molar-refractivity contribution in [1.29, 1.82) is 0 Å². The van der Waals surface area contributed by atoms with Crippen molar-refractivity contribution in [2.24, 2.45) is 7.05 Å². The highest BCUT2D eigenvalue weighted by Gasteiger charge is 2.17. The number of esters is 1. The summed E-state index contributed by atoms with van der Waals surface area (Å²) in [5.74, 6) is -0.353. The smallest absolute Gasteiger partial charge is 0.341 e. The summed E-state index contributed by atoms with van der Waals surface area (Å²) < 4.78 is 8.60. The van der Waals surface area contributed by atoms with E-state index in [0.717, 1.165) is 20.3 Å². The average Bonchev–Trinajstić information content (AvgIpc) is 2.80. The first-order valence-electron chi connectivity index (χ1n) is 6.40. The van der Waals surface area contributed by atoms with E-state index >= 15 is 0 Å². The van der Waals surface area contributed by atoms with Gasteiger partial charge in [-0.2, -0.15) is 5.10 Å². The predicted octanol–water partition coefficient (Wildman–Crippen LogP) is 3.73. The third-order valence-corrected chi connectivity index (χ3v) is 4.27. The van der Waals surface area contributed by atoms with E-state index in [4.69, 9.17) is 4.74 Å². The van der Waals surface area contributed by atoms with Gasteiger partial charge in [-0.05, 0) is 50.9 Å². The van der Waals surface area contributed by atoms with Crippen LogP contribution >= 0.6 is 31.9 Å². The number of hydrogen-bond acceptors (Lipinski definition) is 4. The van der Waals surface area contributed by atoms with Crippen LogP contribution in [0, 0.1) is 0 Å². The molecule has 0 bridgehead atoms. The number of anilines is 1. The summed E-state index contributed by atoms with van der Waals surface area (Å²) >= 11 is 6.99. The van der Waals surface area contributed by atoms with E-state index < -0.39 is 0 Å². The van der Waals surface area contributed by atoms with Crippen LogP contribution < -0.4 is 5.32 Å². The molecular weight excluding hydrogens is 402 g/mol. The number of ether oxygens (including phenoxy) is 1. The lowest BCUT2D eigenvalue weighted by Crippen LogP contribution is -2.12. The van der Waals surface area contributed by atoms with E-state index in [0.29, 0.717) is 18.7 Å². The molecule has 0 saturated heterocycles. The quantitative estimate of drug-likeness (QED) is 0.754. The van der Waals surface area contributed by atoms with Gasteiger partial charge in [0.25, 0.3) is 0 Å². The van der Waals surface area contributed by atoms with E-state index in [9.17, 15) is 4.79 Å². The Bertz CT molecular complexity index is 635. The van der Waals surface area contributed by atoms with Crippen LogP contribution in [-0.2, 0) is 18.3 Å². The van der Waals surface area contributed by atoms with Gasteiger partial charge in [0.15, 0.2) is 0 Å². The van der Waals surface area contributed by atoms with Crippen molar-refractivity contribution in [3.05, 3.63) is 44.6 Å². The highest BCUT2D eigenvalue weighted by Crippen LogP contribution is 2.31. The van der Waals surface area contributed by atoms with Gasteiger partial charge in [-0.1, -0.05) is 6.07 Å². The number of rotatable bonds is 5. The summed E-state index contributed by atoms with van der Waals surface area (Å²) in [5.41, 5.74) is 2.18. The lowest BCUT2D eigenvalue weighted by molar-refractivity contribution is 0.0525. The lowest BCUT2D eigenvalue weighted by Gasteiger charge is -2.12. The Hall–Kier alpha value is -1.34. The third kappa shape index (κ3) is 3.65. The molecule has 5 nitrogen and oxygen atoms in total. The van der Waals surface area contributed by atoms with E-state index in [-0.39, 0.29) is 5.97 Å². The Morgan fingerprint density at radius 1 is 1.38 bits per heavy atom. The molecule has 1 aromatic heterocycles. The van der Waals surface area contributed by atoms with Crippen molar-refractivity contribution in [2.75, 3.05) is 11.9 Å². The van der Waals surface area contributed by atoms with Gasteiger partial charge in [-0.15, -0.1) is 0 Å². The Kier molecular flexibility index (Phi) is 5.41. The monoisotopic (exact) mass is 415 g/mol. The standard InChI is InChI=1S/C14H15Br2N3O2/c1-3-21-14(20)9-7-18-19(2)12(9)8-17-13-10(15)5-4-6-11(13)16/h4-7,17H,3,8H2,1-2H3. The minimum Gasteiger partial charge on any atom is -0.462 e. The summed E-state index contributed by atoms with van der Waals surface area (Å²) in [7, 11) is 1.80. The fourth-order valence-corrected chi connectivity index (χ4v) is 3.17. The molecule has 0 aliphatic carbocycles. The maximum Gasteiger partial charge on any atom is 0.341 e. The van der Waals surface area contributed by atoms with Gasteiger partial charge in [0.1, 0.15) is 5.56 Å². The summed E-state index contributed by atoms with van der Waals surface area (Å²) in [5, 5.41) is 7.43. The van der Waals surface area contributed by atoms with Crippen LogP contribution in [0.15, 0.2) is 33.3 Å². The zero-order chi connectivity index (χ0) is 15.4. The van der Waals surface area contributed by atoms with E-state index in [1.165, 1.54) is 6.20 Å². The minimum atomic E-state index is -0.353. The van der Waals surface area contributed by atoms with Gasteiger partial charge in [0, 0.05) is 16.0 Å². The summed E-state index contributed by atoms with van der Waals surface area (Å²) in [4.78, 5) is 11.9. The van der Waals surface area contributed by atoms with Gasteiger partial charge in [0.2, 0.25) is 0 Å². The second kappa shape index (κ2) is 7.09. The molecule has 1 aromatic carbocycles. The molecule has 0 spiro atoms. The molecule has 1 heterocycles. The Labute approximate surface area is 139 Å². The Morgan fingerprint density at radius 3 is 2.67 bits per heavy atom. The van der Waals surface area contributed by atoms with Gasteiger partial charge in [-0.25, -0.2) is 4.79 Å². The van der Waals surface area contributed by atoms with Gasteiger partial charge < -0.3 is 10.1 Å². The zero-order valence-corrected chi connectivity index (χ0v) is 14.9. The summed E-state index contributed by atoms with van der Waals surface area (Å²) in [6, 6.07) is 5.83. The lowest BCUT2D eigenvalue weighted by atomic mass is 10.2. The maximum atomic E-state index is 11.9. The molecule has 7 heteroatoms. The normalized spacial score (nSPS) is 10.5. The number of para-hydroxylation sites is 1. The molecular formula is C14H15Br2N3O2. The number of nitrogens with zero attached hydrogens (tertiary/aromatic N) is 2. The number of halogens is 2. The third-order valence-electron chi connectivity index (χ3n) is 2.95. The molecule has 0 aliphatic rings. The molecule has 2 rings (SSSR count). The molecule has 0 amide bonds. The first-order valence-corrected chi connectivity index (χ1v) is 7.99. The van der Waals surface area contributed by atoms with Gasteiger partial charge in [-0.3, -0.25) is 4.68 Å². The highest BCUT2D eigenvalue weighted by molar-refractivity contribution is 9.11. The summed E-state index contributed by atoms with van der Waals surface area (Å²) in [6.07, 6.45) is 1.53. The SMILES string of the molecule is CCOC(=O)c1cnn(C)c1CNc1c(Br)cccc1Br. The van der Waals surface area contributed by atoms with Crippen LogP contribution in [0.1, 0.15) is 23.0 Å². The molecule has 0 aliphatic heterocycles. The van der Waals surface area contributed by atoms with Crippen molar-refractivity contribution in [3.63, 3.8) is 0 Å². The average molecular weight is 417 g/mol. The van der Waals surface area contributed by atoms with Crippen molar-refractivity contribution in [1.82, 2.24) is 9.78 Å². The number of hydrogen-bond donors (Lipinski definition) is 1. The number of nitrogens with one attached hydrogen (secondary N) is 1. The Morgan fingerprint density at radius 2 is 2.05 bits per heavy atom. The molecule has 0 radical (unpaired) electrons. The van der Waals surface area contributed by atoms with E-state index in [2.05, 4.69) is 42.3 Å². The fraction of sp³-hybridized carbons (Fsp3) is 0.286. The number of carbonyl (C=O) groups excluding carboxylic acids is 1. The van der Waals surface area contributed by atoms with Crippen LogP contribution in [0.25, 0.3) is 0 Å². The summed E-state index contributed by atoms with van der Waals surface area (Å²) in [6.45, 7) is 2.59. The van der Waals surface area contributed by atoms with Crippen LogP contribution in [0.4, 0.5) is 5.69 Å². The van der Waals surface area contributed by atoms with E-state index in [1.807, 2.05) is 18.2 Å². The number of aromatic nitrogens is 2. The fourth-order valence-electron chi connectivity index (χ4n) is 1.89. The number of aryl methyl sites for hydroxylation is 1. The Balaban J connectivity index is 2.21. The molecule has 0 atom stereocenters. The molecule has 1 N–H and O–H groups in total. The van der Waals surface area contributed by atoms with Crippen LogP contribution in [-0.4, -0.2) is 22.4 Å². The largest absolute Gasteiger partial charge is 0.462 e. The molecule has 2 aromatic rings. The van der Waals surface area contributed by atoms with Crippen LogP contribution in [0.2, 0.25) is 0 Å². The first-order chi connectivity index (χ1) is 10.0. The van der Waals surface area contributed by atoms with Crippen molar-refractivity contribution >= 4 is 43.5 Å². The molecule has 0 unspecified atom stereocenters. The number of benzene rings is 1. The van der Waals surface area contributed by atoms with Crippen molar-refractivity contribution in [3.8, 4) is 0 Å². The highest BCUT2D eigenvalue weighted by atomic mass is 79.9.